The summed E-state index contributed by atoms with van der Waals surface area (Å²) >= 11 is 0. The van der Waals surface area contributed by atoms with Crippen molar-refractivity contribution in [2.24, 2.45) is 0 Å². The second-order valence-corrected chi connectivity index (χ2v) is 8.47. The van der Waals surface area contributed by atoms with Gasteiger partial charge in [-0.2, -0.15) is 5.10 Å². The number of rotatable bonds is 7. The fourth-order valence-electron chi connectivity index (χ4n) is 4.07. The number of pyridine rings is 1. The molecule has 0 saturated heterocycles. The van der Waals surface area contributed by atoms with Crippen LogP contribution in [0.5, 0.6) is 0 Å². The van der Waals surface area contributed by atoms with Crippen LogP contribution in [0.3, 0.4) is 0 Å². The molecule has 0 atom stereocenters. The zero-order valence-corrected chi connectivity index (χ0v) is 17.5. The summed E-state index contributed by atoms with van der Waals surface area (Å²) in [5, 5.41) is 9.68. The molecule has 154 valence electrons. The highest BCUT2D eigenvalue weighted by molar-refractivity contribution is 6.05. The van der Waals surface area contributed by atoms with Crippen molar-refractivity contribution >= 4 is 27.8 Å². The molecule has 6 heteroatoms. The molecule has 0 bridgehead atoms. The van der Waals surface area contributed by atoms with E-state index in [1.807, 2.05) is 10.7 Å². The number of nitrogens with one attached hydrogen (secondary N) is 1. The maximum absolute atomic E-state index is 13.0. The Morgan fingerprint density at radius 1 is 1.23 bits per heavy atom. The van der Waals surface area contributed by atoms with Gasteiger partial charge in [0, 0.05) is 42.5 Å². The lowest BCUT2D eigenvalue weighted by Gasteiger charge is -2.11. The first-order chi connectivity index (χ1) is 14.6. The Morgan fingerprint density at radius 2 is 2.07 bits per heavy atom. The highest BCUT2D eigenvalue weighted by atomic mass is 16.1. The number of carbonyl (C=O) groups is 1. The predicted octanol–water partition coefficient (Wildman–Crippen LogP) is 4.66. The minimum atomic E-state index is -0.0371. The molecule has 1 fully saturated rings. The molecule has 1 saturated carbocycles. The summed E-state index contributed by atoms with van der Waals surface area (Å²) in [6.45, 7) is 5.68. The average Bonchev–Trinajstić information content (AvgIpc) is 3.38. The third-order valence-corrected chi connectivity index (χ3v) is 5.86. The van der Waals surface area contributed by atoms with E-state index in [1.54, 1.807) is 6.20 Å². The van der Waals surface area contributed by atoms with E-state index in [-0.39, 0.29) is 11.9 Å². The van der Waals surface area contributed by atoms with E-state index in [0.29, 0.717) is 18.0 Å². The molecule has 3 aromatic heterocycles. The summed E-state index contributed by atoms with van der Waals surface area (Å²) < 4.78 is 4.15. The number of hydrogen-bond acceptors (Lipinski definition) is 3. The number of para-hydroxylation sites is 1. The van der Waals surface area contributed by atoms with Gasteiger partial charge in [0.1, 0.15) is 0 Å². The van der Waals surface area contributed by atoms with Crippen molar-refractivity contribution in [3.8, 4) is 0 Å². The third kappa shape index (κ3) is 3.47. The molecule has 0 radical (unpaired) electrons. The number of benzene rings is 1. The van der Waals surface area contributed by atoms with Crippen molar-refractivity contribution in [2.75, 3.05) is 6.54 Å². The van der Waals surface area contributed by atoms with Crippen LogP contribution in [0.25, 0.3) is 21.9 Å². The van der Waals surface area contributed by atoms with Gasteiger partial charge in [-0.1, -0.05) is 18.2 Å². The van der Waals surface area contributed by atoms with E-state index in [0.717, 1.165) is 42.5 Å². The lowest BCUT2D eigenvalue weighted by molar-refractivity contribution is 0.0954. The molecular weight excluding hydrogens is 374 g/mol. The van der Waals surface area contributed by atoms with Crippen LogP contribution in [-0.2, 0) is 6.54 Å². The van der Waals surface area contributed by atoms with Crippen molar-refractivity contribution < 1.29 is 4.79 Å². The molecule has 1 aliphatic rings. The van der Waals surface area contributed by atoms with E-state index in [4.69, 9.17) is 4.98 Å². The maximum Gasteiger partial charge on any atom is 0.252 e. The number of hydrogen-bond donors (Lipinski definition) is 1. The first-order valence-corrected chi connectivity index (χ1v) is 10.8. The summed E-state index contributed by atoms with van der Waals surface area (Å²) in [7, 11) is 0. The van der Waals surface area contributed by atoms with Gasteiger partial charge in [0.25, 0.3) is 5.91 Å². The summed E-state index contributed by atoms with van der Waals surface area (Å²) in [4.78, 5) is 17.9. The van der Waals surface area contributed by atoms with Crippen molar-refractivity contribution in [1.29, 1.82) is 0 Å². The lowest BCUT2D eigenvalue weighted by Crippen LogP contribution is -2.25. The van der Waals surface area contributed by atoms with Crippen LogP contribution in [0.2, 0.25) is 0 Å². The zero-order chi connectivity index (χ0) is 20.7. The van der Waals surface area contributed by atoms with Gasteiger partial charge in [-0.25, -0.2) is 9.67 Å². The second kappa shape index (κ2) is 7.59. The van der Waals surface area contributed by atoms with Crippen LogP contribution in [0.15, 0.2) is 48.8 Å². The van der Waals surface area contributed by atoms with E-state index in [2.05, 4.69) is 65.4 Å². The van der Waals surface area contributed by atoms with Gasteiger partial charge < -0.3 is 9.88 Å². The molecule has 30 heavy (non-hydrogen) atoms. The molecule has 5 rings (SSSR count). The van der Waals surface area contributed by atoms with Gasteiger partial charge in [0.15, 0.2) is 5.65 Å². The fraction of sp³-hybridized carbons (Fsp3) is 0.375. The minimum Gasteiger partial charge on any atom is -0.352 e. The molecule has 3 heterocycles. The van der Waals surface area contributed by atoms with E-state index < -0.39 is 0 Å². The Bertz CT molecular complexity index is 1220. The Hall–Kier alpha value is -3.15. The first kappa shape index (κ1) is 18.9. The molecule has 0 unspecified atom stereocenters. The fourth-order valence-corrected chi connectivity index (χ4v) is 4.07. The Balaban J connectivity index is 1.31. The highest BCUT2D eigenvalue weighted by Gasteiger charge is 2.28. The topological polar surface area (TPSA) is 64.7 Å². The molecule has 1 N–H and O–H groups in total. The van der Waals surface area contributed by atoms with Crippen LogP contribution in [0.4, 0.5) is 0 Å². The molecule has 0 spiro atoms. The van der Waals surface area contributed by atoms with Gasteiger partial charge in [-0.05, 0) is 56.7 Å². The van der Waals surface area contributed by atoms with Crippen LogP contribution in [-0.4, -0.2) is 31.8 Å². The molecule has 1 amide bonds. The van der Waals surface area contributed by atoms with Gasteiger partial charge in [-0.15, -0.1) is 0 Å². The van der Waals surface area contributed by atoms with E-state index in [1.165, 1.54) is 10.9 Å². The van der Waals surface area contributed by atoms with Gasteiger partial charge >= 0.3 is 0 Å². The quantitative estimate of drug-likeness (QED) is 0.458. The normalized spacial score (nSPS) is 14.1. The van der Waals surface area contributed by atoms with E-state index in [9.17, 15) is 4.79 Å². The minimum absolute atomic E-state index is 0.0371. The summed E-state index contributed by atoms with van der Waals surface area (Å²) in [5.74, 6) is 0.448. The third-order valence-electron chi connectivity index (χ3n) is 5.86. The van der Waals surface area contributed by atoms with E-state index >= 15 is 0 Å². The first-order valence-electron chi connectivity index (χ1n) is 10.8. The monoisotopic (exact) mass is 401 g/mol. The average molecular weight is 402 g/mol. The largest absolute Gasteiger partial charge is 0.352 e. The van der Waals surface area contributed by atoms with Crippen LogP contribution in [0, 0.1) is 0 Å². The smallest absolute Gasteiger partial charge is 0.252 e. The summed E-state index contributed by atoms with van der Waals surface area (Å²) in [6, 6.07) is 12.7. The molecule has 4 aromatic rings. The Kier molecular flexibility index (Phi) is 4.77. The Labute approximate surface area is 175 Å². The highest BCUT2D eigenvalue weighted by Crippen LogP contribution is 2.40. The number of carbonyl (C=O) groups excluding carboxylic acids is 1. The maximum atomic E-state index is 13.0. The van der Waals surface area contributed by atoms with Crippen molar-refractivity contribution in [3.63, 3.8) is 0 Å². The zero-order valence-electron chi connectivity index (χ0n) is 17.5. The summed E-state index contributed by atoms with van der Waals surface area (Å²) in [5.41, 5.74) is 3.77. The molecule has 6 nitrogen and oxygen atoms in total. The number of nitrogens with zero attached hydrogens (tertiary/aromatic N) is 4. The summed E-state index contributed by atoms with van der Waals surface area (Å²) in [6.07, 6.45) is 7.07. The van der Waals surface area contributed by atoms with Crippen LogP contribution >= 0.6 is 0 Å². The molecule has 1 aromatic carbocycles. The number of amides is 1. The Morgan fingerprint density at radius 3 is 2.87 bits per heavy atom. The number of aryl methyl sites for hydroxylation is 1. The van der Waals surface area contributed by atoms with Crippen LogP contribution < -0.4 is 5.32 Å². The van der Waals surface area contributed by atoms with Gasteiger partial charge in [0.05, 0.1) is 17.1 Å². The van der Waals surface area contributed by atoms with Gasteiger partial charge in [-0.3, -0.25) is 4.79 Å². The van der Waals surface area contributed by atoms with Crippen molar-refractivity contribution in [1.82, 2.24) is 24.6 Å². The van der Waals surface area contributed by atoms with Crippen molar-refractivity contribution in [3.05, 3.63) is 60.0 Å². The number of aromatic nitrogens is 4. The molecule has 0 aliphatic heterocycles. The van der Waals surface area contributed by atoms with Crippen molar-refractivity contribution in [2.45, 2.75) is 51.6 Å². The predicted molar refractivity (Wildman–Crippen MR) is 119 cm³/mol. The standard InChI is InChI=1S/C24H27N5O/c1-16(2)29-23-20(15-26-29)19(14-21(27-23)17-8-9-17)24(30)25-11-5-12-28-13-10-18-6-3-4-7-22(18)28/h3-4,6-7,10,13-17H,5,8-9,11-12H2,1-2H3,(H,25,30). The lowest BCUT2D eigenvalue weighted by atomic mass is 10.1. The molecule has 1 aliphatic carbocycles. The number of fused-ring (bicyclic) bond motifs is 2. The van der Waals surface area contributed by atoms with Crippen LogP contribution in [0.1, 0.15) is 61.1 Å². The van der Waals surface area contributed by atoms with Gasteiger partial charge in [0.2, 0.25) is 0 Å². The second-order valence-electron chi connectivity index (χ2n) is 8.47. The molecular formula is C24H27N5O. The SMILES string of the molecule is CC(C)n1ncc2c(C(=O)NCCCn3ccc4ccccc43)cc(C3CC3)nc21.